The third-order valence-corrected chi connectivity index (χ3v) is 4.29. The second-order valence-electron chi connectivity index (χ2n) is 3.38. The predicted octanol–water partition coefficient (Wildman–Crippen LogP) is 1.30. The summed E-state index contributed by atoms with van der Waals surface area (Å²) in [7, 11) is 0.115. The van der Waals surface area contributed by atoms with E-state index in [0.29, 0.717) is 25.5 Å². The molecule has 0 unspecified atom stereocenters. The van der Waals surface area contributed by atoms with Gasteiger partial charge >= 0.3 is 0 Å². The molecule has 15 heavy (non-hydrogen) atoms. The Balaban J connectivity index is 3.86. The Kier molecular flexibility index (Phi) is 8.42. The number of nitrogens with zero attached hydrogens (tertiary/aromatic N) is 1. The molecule has 0 fully saturated rings. The van der Waals surface area contributed by atoms with E-state index in [-0.39, 0.29) is 5.75 Å². The van der Waals surface area contributed by atoms with Crippen molar-refractivity contribution in [1.29, 1.82) is 0 Å². The lowest BCUT2D eigenvalue weighted by molar-refractivity contribution is 0.189. The van der Waals surface area contributed by atoms with Crippen LogP contribution >= 0.6 is 11.6 Å². The smallest absolute Gasteiger partial charge is 0.213 e. The van der Waals surface area contributed by atoms with Gasteiger partial charge in [-0.15, -0.1) is 11.6 Å². The van der Waals surface area contributed by atoms with E-state index in [9.17, 15) is 8.42 Å². The second-order valence-corrected chi connectivity index (χ2v) is 5.95. The molecule has 0 aromatic rings. The Morgan fingerprint density at radius 2 is 1.93 bits per heavy atom. The summed E-state index contributed by atoms with van der Waals surface area (Å²) in [5, 5.41) is 0. The fourth-order valence-electron chi connectivity index (χ4n) is 1.11. The quantitative estimate of drug-likeness (QED) is 0.462. The summed E-state index contributed by atoms with van der Waals surface area (Å²) >= 11 is 5.49. The minimum atomic E-state index is -3.09. The number of halogens is 1. The average Bonchev–Trinajstić information content (AvgIpc) is 2.18. The molecule has 4 nitrogen and oxygen atoms in total. The molecule has 0 radical (unpaired) electrons. The van der Waals surface area contributed by atoms with E-state index in [0.717, 1.165) is 12.8 Å². The summed E-state index contributed by atoms with van der Waals surface area (Å²) in [6.07, 6.45) is 2.09. The maximum absolute atomic E-state index is 11.6. The van der Waals surface area contributed by atoms with Gasteiger partial charge in [0.05, 0.1) is 5.75 Å². The van der Waals surface area contributed by atoms with Crippen molar-refractivity contribution in [2.24, 2.45) is 0 Å². The topological polar surface area (TPSA) is 46.6 Å². The lowest BCUT2D eigenvalue weighted by atomic mass is 10.4. The maximum atomic E-state index is 11.6. The van der Waals surface area contributed by atoms with Crippen LogP contribution < -0.4 is 0 Å². The number of unbranched alkanes of at least 4 members (excludes halogenated alkanes) is 1. The number of alkyl halides is 1. The van der Waals surface area contributed by atoms with Gasteiger partial charge in [-0.25, -0.2) is 12.7 Å². The Morgan fingerprint density at radius 3 is 2.47 bits per heavy atom. The number of hydrogen-bond donors (Lipinski definition) is 0. The monoisotopic (exact) mass is 257 g/mol. The molecule has 0 saturated carbocycles. The molecule has 0 amide bonds. The van der Waals surface area contributed by atoms with Crippen LogP contribution in [0.25, 0.3) is 0 Å². The molecule has 0 aliphatic heterocycles. The third kappa shape index (κ3) is 7.11. The lowest BCUT2D eigenvalue weighted by Crippen LogP contribution is -2.30. The molecule has 0 aliphatic carbocycles. The second kappa shape index (κ2) is 8.33. The van der Waals surface area contributed by atoms with E-state index in [1.807, 2.05) is 0 Å². The van der Waals surface area contributed by atoms with Gasteiger partial charge in [0.2, 0.25) is 10.0 Å². The van der Waals surface area contributed by atoms with Crippen molar-refractivity contribution in [3.63, 3.8) is 0 Å². The molecule has 0 rings (SSSR count). The van der Waals surface area contributed by atoms with E-state index < -0.39 is 10.0 Å². The zero-order valence-electron chi connectivity index (χ0n) is 9.41. The number of rotatable bonds is 9. The molecular formula is C9H20ClNO3S. The number of methoxy groups -OCH3 is 1. The molecule has 0 N–H and O–H groups in total. The number of sulfonamides is 1. The first kappa shape index (κ1) is 15.2. The summed E-state index contributed by atoms with van der Waals surface area (Å²) < 4.78 is 29.5. The van der Waals surface area contributed by atoms with Crippen molar-refractivity contribution >= 4 is 21.6 Å². The molecule has 0 aromatic carbocycles. The highest BCUT2D eigenvalue weighted by Crippen LogP contribution is 2.04. The van der Waals surface area contributed by atoms with Crippen LogP contribution in [-0.4, -0.2) is 51.7 Å². The standard InChI is InChI=1S/C9H20ClNO3S/c1-11(7-5-8-14-2)15(12,13)9-4-3-6-10/h3-9H2,1-2H3. The van der Waals surface area contributed by atoms with Gasteiger partial charge in [0, 0.05) is 33.2 Å². The van der Waals surface area contributed by atoms with E-state index >= 15 is 0 Å². The van der Waals surface area contributed by atoms with Crippen molar-refractivity contribution in [1.82, 2.24) is 4.31 Å². The van der Waals surface area contributed by atoms with Gasteiger partial charge in [-0.3, -0.25) is 0 Å². The van der Waals surface area contributed by atoms with Crippen LogP contribution in [0.1, 0.15) is 19.3 Å². The minimum absolute atomic E-state index is 0.184. The molecule has 0 spiro atoms. The van der Waals surface area contributed by atoms with Gasteiger partial charge in [0.25, 0.3) is 0 Å². The molecule has 6 heteroatoms. The molecule has 0 heterocycles. The zero-order chi connectivity index (χ0) is 11.7. The third-order valence-electron chi connectivity index (χ3n) is 2.08. The van der Waals surface area contributed by atoms with Crippen LogP contribution in [0.2, 0.25) is 0 Å². The Labute approximate surface area is 97.6 Å². The Morgan fingerprint density at radius 1 is 1.27 bits per heavy atom. The molecular weight excluding hydrogens is 238 g/mol. The largest absolute Gasteiger partial charge is 0.385 e. The van der Waals surface area contributed by atoms with Gasteiger partial charge in [-0.1, -0.05) is 0 Å². The van der Waals surface area contributed by atoms with Crippen LogP contribution in [0, 0.1) is 0 Å². The molecule has 0 aliphatic rings. The van der Waals surface area contributed by atoms with Crippen LogP contribution in [0.15, 0.2) is 0 Å². The van der Waals surface area contributed by atoms with Crippen molar-refractivity contribution in [2.45, 2.75) is 19.3 Å². The molecule has 0 aromatic heterocycles. The maximum Gasteiger partial charge on any atom is 0.213 e. The summed E-state index contributed by atoms with van der Waals surface area (Å²) in [6.45, 7) is 1.10. The molecule has 0 saturated heterocycles. The van der Waals surface area contributed by atoms with Gasteiger partial charge < -0.3 is 4.74 Å². The van der Waals surface area contributed by atoms with E-state index in [4.69, 9.17) is 16.3 Å². The van der Waals surface area contributed by atoms with E-state index in [1.165, 1.54) is 4.31 Å². The normalized spacial score (nSPS) is 12.3. The Hall–Kier alpha value is 0.160. The first-order valence-corrected chi connectivity index (χ1v) is 7.18. The molecule has 0 atom stereocenters. The van der Waals surface area contributed by atoms with Gasteiger partial charge in [0.15, 0.2) is 0 Å². The lowest BCUT2D eigenvalue weighted by Gasteiger charge is -2.16. The molecule has 92 valence electrons. The number of hydrogen-bond acceptors (Lipinski definition) is 3. The fourth-order valence-corrected chi connectivity index (χ4v) is 2.58. The molecule has 0 bridgehead atoms. The minimum Gasteiger partial charge on any atom is -0.385 e. The highest BCUT2D eigenvalue weighted by Gasteiger charge is 2.16. The summed E-state index contributed by atoms with van der Waals surface area (Å²) in [5.74, 6) is 0.701. The summed E-state index contributed by atoms with van der Waals surface area (Å²) in [5.41, 5.74) is 0. The fraction of sp³-hybridized carbons (Fsp3) is 1.00. The van der Waals surface area contributed by atoms with Gasteiger partial charge in [-0.05, 0) is 19.3 Å². The van der Waals surface area contributed by atoms with Crippen LogP contribution in [0.3, 0.4) is 0 Å². The van der Waals surface area contributed by atoms with Crippen LogP contribution in [0.5, 0.6) is 0 Å². The van der Waals surface area contributed by atoms with Crippen molar-refractivity contribution < 1.29 is 13.2 Å². The van der Waals surface area contributed by atoms with Crippen molar-refractivity contribution in [3.05, 3.63) is 0 Å². The van der Waals surface area contributed by atoms with E-state index in [2.05, 4.69) is 0 Å². The highest BCUT2D eigenvalue weighted by molar-refractivity contribution is 7.89. The van der Waals surface area contributed by atoms with Gasteiger partial charge in [0.1, 0.15) is 0 Å². The van der Waals surface area contributed by atoms with Crippen molar-refractivity contribution in [3.8, 4) is 0 Å². The van der Waals surface area contributed by atoms with Crippen molar-refractivity contribution in [2.75, 3.05) is 38.9 Å². The van der Waals surface area contributed by atoms with Crippen LogP contribution in [-0.2, 0) is 14.8 Å². The van der Waals surface area contributed by atoms with Crippen LogP contribution in [0.4, 0.5) is 0 Å². The average molecular weight is 258 g/mol. The highest BCUT2D eigenvalue weighted by atomic mass is 35.5. The van der Waals surface area contributed by atoms with Gasteiger partial charge in [-0.2, -0.15) is 0 Å². The Bertz CT molecular complexity index is 244. The summed E-state index contributed by atoms with van der Waals surface area (Å²) in [6, 6.07) is 0. The zero-order valence-corrected chi connectivity index (χ0v) is 11.0. The van der Waals surface area contributed by atoms with E-state index in [1.54, 1.807) is 14.2 Å². The predicted molar refractivity (Wildman–Crippen MR) is 62.9 cm³/mol. The number of ether oxygens (including phenoxy) is 1. The first-order valence-electron chi connectivity index (χ1n) is 5.03. The SMILES string of the molecule is COCCCN(C)S(=O)(=O)CCCCCl. The summed E-state index contributed by atoms with van der Waals surface area (Å²) in [4.78, 5) is 0. The first-order chi connectivity index (χ1) is 7.04.